The standard InChI is InChI=1S/C9H14OS2/c1-7-4-5-11-8(7)12-9(2,3)6-10/h4-5,10H,6H2,1-3H3. The van der Waals surface area contributed by atoms with Crippen LogP contribution in [0.15, 0.2) is 15.7 Å². The van der Waals surface area contributed by atoms with Crippen molar-refractivity contribution >= 4 is 23.1 Å². The maximum absolute atomic E-state index is 9.07. The van der Waals surface area contributed by atoms with Gasteiger partial charge in [0.1, 0.15) is 0 Å². The van der Waals surface area contributed by atoms with E-state index in [2.05, 4.69) is 32.2 Å². The molecule has 0 unspecified atom stereocenters. The summed E-state index contributed by atoms with van der Waals surface area (Å²) in [5.74, 6) is 0. The normalized spacial score (nSPS) is 12.0. The first-order valence-corrected chi connectivity index (χ1v) is 5.59. The maximum Gasteiger partial charge on any atom is 0.0633 e. The van der Waals surface area contributed by atoms with Gasteiger partial charge >= 0.3 is 0 Å². The van der Waals surface area contributed by atoms with Crippen LogP contribution in [-0.2, 0) is 0 Å². The second kappa shape index (κ2) is 3.81. The van der Waals surface area contributed by atoms with E-state index in [9.17, 15) is 0 Å². The second-order valence-corrected chi connectivity index (χ2v) is 6.30. The fourth-order valence-corrected chi connectivity index (χ4v) is 3.23. The molecule has 0 bridgehead atoms. The lowest BCUT2D eigenvalue weighted by Crippen LogP contribution is -2.19. The van der Waals surface area contributed by atoms with Gasteiger partial charge in [0.25, 0.3) is 0 Å². The Bertz CT molecular complexity index is 253. The summed E-state index contributed by atoms with van der Waals surface area (Å²) in [6.45, 7) is 6.43. The Labute approximate surface area is 81.8 Å². The van der Waals surface area contributed by atoms with Crippen molar-refractivity contribution in [2.24, 2.45) is 0 Å². The predicted molar refractivity (Wildman–Crippen MR) is 56.1 cm³/mol. The van der Waals surface area contributed by atoms with Gasteiger partial charge in [-0.25, -0.2) is 0 Å². The fraction of sp³-hybridized carbons (Fsp3) is 0.556. The first-order valence-electron chi connectivity index (χ1n) is 3.89. The van der Waals surface area contributed by atoms with E-state index in [0.29, 0.717) is 0 Å². The summed E-state index contributed by atoms with van der Waals surface area (Å²) in [6.07, 6.45) is 0. The Balaban J connectivity index is 2.70. The average molecular weight is 202 g/mol. The van der Waals surface area contributed by atoms with Crippen LogP contribution in [0, 0.1) is 6.92 Å². The van der Waals surface area contributed by atoms with Crippen molar-refractivity contribution in [1.29, 1.82) is 0 Å². The van der Waals surface area contributed by atoms with Crippen molar-refractivity contribution in [1.82, 2.24) is 0 Å². The molecule has 0 fully saturated rings. The minimum absolute atomic E-state index is 0.0599. The number of aliphatic hydroxyl groups excluding tert-OH is 1. The van der Waals surface area contributed by atoms with Crippen LogP contribution in [0.4, 0.5) is 0 Å². The van der Waals surface area contributed by atoms with E-state index >= 15 is 0 Å². The molecule has 1 nitrogen and oxygen atoms in total. The highest BCUT2D eigenvalue weighted by atomic mass is 32.2. The third-order valence-electron chi connectivity index (χ3n) is 1.56. The highest BCUT2D eigenvalue weighted by molar-refractivity contribution is 8.02. The summed E-state index contributed by atoms with van der Waals surface area (Å²) in [7, 11) is 0. The molecule has 0 atom stereocenters. The Kier molecular flexibility index (Phi) is 3.21. The minimum Gasteiger partial charge on any atom is -0.395 e. The predicted octanol–water partition coefficient (Wildman–Crippen LogP) is 2.92. The molecule has 1 N–H and O–H groups in total. The number of aliphatic hydroxyl groups is 1. The molecule has 3 heteroatoms. The largest absolute Gasteiger partial charge is 0.395 e. The van der Waals surface area contributed by atoms with E-state index in [0.717, 1.165) is 0 Å². The van der Waals surface area contributed by atoms with Crippen molar-refractivity contribution in [3.8, 4) is 0 Å². The minimum atomic E-state index is -0.0599. The van der Waals surface area contributed by atoms with E-state index in [1.807, 2.05) is 0 Å². The maximum atomic E-state index is 9.07. The first kappa shape index (κ1) is 10.1. The van der Waals surface area contributed by atoms with Crippen LogP contribution in [0.25, 0.3) is 0 Å². The van der Waals surface area contributed by atoms with Gasteiger partial charge < -0.3 is 5.11 Å². The van der Waals surface area contributed by atoms with Crippen molar-refractivity contribution in [2.75, 3.05) is 6.61 Å². The van der Waals surface area contributed by atoms with Crippen LogP contribution in [0.3, 0.4) is 0 Å². The molecular formula is C9H14OS2. The van der Waals surface area contributed by atoms with Crippen LogP contribution in [0.2, 0.25) is 0 Å². The Morgan fingerprint density at radius 2 is 2.25 bits per heavy atom. The molecule has 0 radical (unpaired) electrons. The molecule has 68 valence electrons. The molecule has 1 aromatic heterocycles. The van der Waals surface area contributed by atoms with Gasteiger partial charge in [0.2, 0.25) is 0 Å². The molecule has 1 aromatic rings. The highest BCUT2D eigenvalue weighted by Crippen LogP contribution is 2.37. The van der Waals surface area contributed by atoms with Gasteiger partial charge in [-0.05, 0) is 37.8 Å². The number of thioether (sulfide) groups is 1. The van der Waals surface area contributed by atoms with Crippen LogP contribution < -0.4 is 0 Å². The topological polar surface area (TPSA) is 20.2 Å². The van der Waals surface area contributed by atoms with Gasteiger partial charge in [0.15, 0.2) is 0 Å². The van der Waals surface area contributed by atoms with Crippen LogP contribution >= 0.6 is 23.1 Å². The Morgan fingerprint density at radius 3 is 2.67 bits per heavy atom. The van der Waals surface area contributed by atoms with E-state index in [1.165, 1.54) is 9.77 Å². The molecule has 0 amide bonds. The zero-order chi connectivity index (χ0) is 9.19. The van der Waals surface area contributed by atoms with Gasteiger partial charge in [-0.15, -0.1) is 23.1 Å². The number of hydrogen-bond donors (Lipinski definition) is 1. The number of aryl methyl sites for hydroxylation is 1. The smallest absolute Gasteiger partial charge is 0.0633 e. The zero-order valence-electron chi connectivity index (χ0n) is 7.63. The van der Waals surface area contributed by atoms with Gasteiger partial charge in [0.05, 0.1) is 10.8 Å². The van der Waals surface area contributed by atoms with Gasteiger partial charge in [-0.2, -0.15) is 0 Å². The van der Waals surface area contributed by atoms with E-state index < -0.39 is 0 Å². The molecule has 1 heterocycles. The fourth-order valence-electron chi connectivity index (χ4n) is 0.747. The summed E-state index contributed by atoms with van der Waals surface area (Å²) in [5.41, 5.74) is 1.31. The summed E-state index contributed by atoms with van der Waals surface area (Å²) >= 11 is 3.49. The van der Waals surface area contributed by atoms with Crippen LogP contribution in [-0.4, -0.2) is 16.5 Å². The molecule has 0 saturated carbocycles. The van der Waals surface area contributed by atoms with E-state index in [4.69, 9.17) is 5.11 Å². The molecule has 0 aliphatic rings. The quantitative estimate of drug-likeness (QED) is 0.761. The molecule has 0 aliphatic carbocycles. The van der Waals surface area contributed by atoms with Gasteiger partial charge in [-0.3, -0.25) is 0 Å². The first-order chi connectivity index (χ1) is 5.55. The van der Waals surface area contributed by atoms with Crippen molar-refractivity contribution in [2.45, 2.75) is 29.7 Å². The molecule has 0 spiro atoms. The van der Waals surface area contributed by atoms with E-state index in [-0.39, 0.29) is 11.4 Å². The summed E-state index contributed by atoms with van der Waals surface area (Å²) in [6, 6.07) is 2.11. The summed E-state index contributed by atoms with van der Waals surface area (Å²) in [5, 5.41) is 11.2. The lowest BCUT2D eigenvalue weighted by Gasteiger charge is -2.19. The average Bonchev–Trinajstić information content (AvgIpc) is 2.36. The third kappa shape index (κ3) is 2.51. The molecule has 0 aliphatic heterocycles. The molecule has 1 rings (SSSR count). The van der Waals surface area contributed by atoms with Crippen molar-refractivity contribution in [3.63, 3.8) is 0 Å². The van der Waals surface area contributed by atoms with Gasteiger partial charge in [0, 0.05) is 4.75 Å². The van der Waals surface area contributed by atoms with Crippen LogP contribution in [0.1, 0.15) is 19.4 Å². The SMILES string of the molecule is Cc1ccsc1SC(C)(C)CO. The highest BCUT2D eigenvalue weighted by Gasteiger charge is 2.19. The molecule has 0 saturated heterocycles. The number of rotatable bonds is 3. The number of hydrogen-bond acceptors (Lipinski definition) is 3. The monoisotopic (exact) mass is 202 g/mol. The third-order valence-corrected chi connectivity index (χ3v) is 4.10. The second-order valence-electron chi connectivity index (χ2n) is 3.41. The Hall–Kier alpha value is 0.01000. The van der Waals surface area contributed by atoms with Crippen molar-refractivity contribution < 1.29 is 5.11 Å². The van der Waals surface area contributed by atoms with Crippen molar-refractivity contribution in [3.05, 3.63) is 17.0 Å². The summed E-state index contributed by atoms with van der Waals surface area (Å²) < 4.78 is 1.25. The van der Waals surface area contributed by atoms with Crippen LogP contribution in [0.5, 0.6) is 0 Å². The molecule has 0 aromatic carbocycles. The van der Waals surface area contributed by atoms with E-state index in [1.54, 1.807) is 23.1 Å². The number of thiophene rings is 1. The molecule has 12 heavy (non-hydrogen) atoms. The lowest BCUT2D eigenvalue weighted by atomic mass is 10.2. The lowest BCUT2D eigenvalue weighted by molar-refractivity contribution is 0.265. The summed E-state index contributed by atoms with van der Waals surface area (Å²) in [4.78, 5) is 0. The molecular weight excluding hydrogens is 188 g/mol. The zero-order valence-corrected chi connectivity index (χ0v) is 9.26. The van der Waals surface area contributed by atoms with Gasteiger partial charge in [-0.1, -0.05) is 0 Å². The Morgan fingerprint density at radius 1 is 1.58 bits per heavy atom.